The van der Waals surface area contributed by atoms with E-state index >= 15 is 0 Å². The fraction of sp³-hybridized carbons (Fsp3) is 0.333. The lowest BCUT2D eigenvalue weighted by Crippen LogP contribution is -2.52. The number of nitrogens with one attached hydrogen (secondary N) is 1. The summed E-state index contributed by atoms with van der Waals surface area (Å²) in [6, 6.07) is 21.1. The predicted octanol–water partition coefficient (Wildman–Crippen LogP) is 5.76. The zero-order valence-corrected chi connectivity index (χ0v) is 19.9. The third-order valence-electron chi connectivity index (χ3n) is 5.45. The van der Waals surface area contributed by atoms with E-state index in [4.69, 9.17) is 11.6 Å². The highest BCUT2D eigenvalue weighted by Crippen LogP contribution is 2.22. The minimum atomic E-state index is -0.620. The van der Waals surface area contributed by atoms with Gasteiger partial charge in [-0.25, -0.2) is 0 Å². The van der Waals surface area contributed by atoms with Crippen molar-refractivity contribution in [2.75, 3.05) is 0 Å². The van der Waals surface area contributed by atoms with Crippen LogP contribution >= 0.6 is 11.6 Å². The second-order valence-corrected chi connectivity index (χ2v) is 9.57. The van der Waals surface area contributed by atoms with Crippen LogP contribution in [0.25, 0.3) is 10.8 Å². The van der Waals surface area contributed by atoms with E-state index in [1.807, 2.05) is 57.2 Å². The molecule has 0 bridgehead atoms. The molecule has 0 aromatic heterocycles. The number of carbonyl (C=O) groups excluding carboxylic acids is 2. The van der Waals surface area contributed by atoms with Crippen molar-refractivity contribution in [2.24, 2.45) is 0 Å². The van der Waals surface area contributed by atoms with Crippen LogP contribution in [0.4, 0.5) is 0 Å². The van der Waals surface area contributed by atoms with Crippen LogP contribution in [-0.4, -0.2) is 28.3 Å². The lowest BCUT2D eigenvalue weighted by molar-refractivity contribution is -0.141. The number of amides is 2. The van der Waals surface area contributed by atoms with Crippen molar-refractivity contribution in [3.63, 3.8) is 0 Å². The van der Waals surface area contributed by atoms with Gasteiger partial charge in [0.05, 0.1) is 0 Å². The summed E-state index contributed by atoms with van der Waals surface area (Å²) in [6.07, 6.45) is 0.915. The number of fused-ring (bicyclic) bond motifs is 1. The third kappa shape index (κ3) is 6.10. The molecule has 0 aliphatic carbocycles. The number of hydrogen-bond donors (Lipinski definition) is 1. The number of aryl methyl sites for hydroxylation is 1. The largest absolute Gasteiger partial charge is 0.350 e. The first-order chi connectivity index (χ1) is 15.2. The number of carbonyl (C=O) groups is 2. The summed E-state index contributed by atoms with van der Waals surface area (Å²) in [5.41, 5.74) is 1.57. The second kappa shape index (κ2) is 10.2. The molecule has 0 fully saturated rings. The van der Waals surface area contributed by atoms with Crippen molar-refractivity contribution in [3.8, 4) is 0 Å². The molecule has 3 aromatic carbocycles. The van der Waals surface area contributed by atoms with Crippen molar-refractivity contribution in [1.29, 1.82) is 0 Å². The van der Waals surface area contributed by atoms with Crippen LogP contribution in [0.1, 0.15) is 45.2 Å². The molecule has 0 aliphatic heterocycles. The molecule has 3 aromatic rings. The van der Waals surface area contributed by atoms with E-state index in [0.717, 1.165) is 21.9 Å². The molecule has 2 amide bonds. The third-order valence-corrected chi connectivity index (χ3v) is 5.82. The second-order valence-electron chi connectivity index (χ2n) is 9.17. The number of rotatable bonds is 7. The van der Waals surface area contributed by atoms with Crippen LogP contribution in [0, 0.1) is 0 Å². The summed E-state index contributed by atoms with van der Waals surface area (Å²) in [4.78, 5) is 27.9. The smallest absolute Gasteiger partial charge is 0.242 e. The highest BCUT2D eigenvalue weighted by atomic mass is 35.5. The molecular formula is C27H31ClN2O2. The fourth-order valence-corrected chi connectivity index (χ4v) is 3.96. The molecule has 0 aliphatic rings. The van der Waals surface area contributed by atoms with E-state index < -0.39 is 6.04 Å². The Labute approximate surface area is 195 Å². The Morgan fingerprint density at radius 1 is 0.938 bits per heavy atom. The molecule has 1 atom stereocenters. The Hall–Kier alpha value is -2.85. The average molecular weight is 451 g/mol. The standard InChI is InChI=1S/C27H31ClN2O2/c1-19(26(32)29-27(2,3)4)30(18-22-11-6-8-15-24(22)28)25(31)17-16-21-13-9-12-20-10-5-7-14-23(20)21/h5-15,19H,16-18H2,1-4H3,(H,29,32)/t19-/m0/s1. The monoisotopic (exact) mass is 450 g/mol. The molecule has 32 heavy (non-hydrogen) atoms. The first kappa shape index (κ1) is 23.8. The maximum atomic E-state index is 13.4. The van der Waals surface area contributed by atoms with Gasteiger partial charge < -0.3 is 10.2 Å². The Balaban J connectivity index is 1.82. The maximum Gasteiger partial charge on any atom is 0.242 e. The zero-order valence-electron chi connectivity index (χ0n) is 19.2. The normalized spacial score (nSPS) is 12.4. The topological polar surface area (TPSA) is 49.4 Å². The van der Waals surface area contributed by atoms with E-state index in [1.165, 1.54) is 0 Å². The van der Waals surface area contributed by atoms with Crippen molar-refractivity contribution < 1.29 is 9.59 Å². The lowest BCUT2D eigenvalue weighted by Gasteiger charge is -2.31. The van der Waals surface area contributed by atoms with Gasteiger partial charge in [-0.15, -0.1) is 0 Å². The summed E-state index contributed by atoms with van der Waals surface area (Å²) in [6.45, 7) is 7.84. The lowest BCUT2D eigenvalue weighted by atomic mass is 10.0. The molecule has 0 saturated carbocycles. The highest BCUT2D eigenvalue weighted by Gasteiger charge is 2.28. The van der Waals surface area contributed by atoms with E-state index in [0.29, 0.717) is 17.9 Å². The summed E-state index contributed by atoms with van der Waals surface area (Å²) >= 11 is 6.36. The van der Waals surface area contributed by atoms with Gasteiger partial charge in [0, 0.05) is 23.5 Å². The minimum absolute atomic E-state index is 0.0746. The average Bonchev–Trinajstić information content (AvgIpc) is 2.75. The van der Waals surface area contributed by atoms with E-state index in [2.05, 4.69) is 29.6 Å². The SMILES string of the molecule is C[C@@H](C(=O)NC(C)(C)C)N(Cc1ccccc1Cl)C(=O)CCc1cccc2ccccc12. The molecule has 0 saturated heterocycles. The van der Waals surface area contributed by atoms with Crippen molar-refractivity contribution in [3.05, 3.63) is 82.9 Å². The molecular weight excluding hydrogens is 420 g/mol. The first-order valence-corrected chi connectivity index (χ1v) is 11.3. The Morgan fingerprint density at radius 2 is 1.56 bits per heavy atom. The van der Waals surface area contributed by atoms with Crippen LogP contribution in [0.15, 0.2) is 66.7 Å². The Morgan fingerprint density at radius 3 is 2.28 bits per heavy atom. The van der Waals surface area contributed by atoms with Gasteiger partial charge in [0.2, 0.25) is 11.8 Å². The predicted molar refractivity (Wildman–Crippen MR) is 132 cm³/mol. The van der Waals surface area contributed by atoms with Gasteiger partial charge >= 0.3 is 0 Å². The molecule has 3 rings (SSSR count). The van der Waals surface area contributed by atoms with Crippen LogP contribution in [0.3, 0.4) is 0 Å². The molecule has 0 spiro atoms. The van der Waals surface area contributed by atoms with Crippen LogP contribution in [0.5, 0.6) is 0 Å². The minimum Gasteiger partial charge on any atom is -0.350 e. The summed E-state index contributed by atoms with van der Waals surface area (Å²) in [5.74, 6) is -0.252. The van der Waals surface area contributed by atoms with Gasteiger partial charge in [0.15, 0.2) is 0 Å². The van der Waals surface area contributed by atoms with Gasteiger partial charge in [-0.2, -0.15) is 0 Å². The number of halogens is 1. The molecule has 0 heterocycles. The van der Waals surface area contributed by atoms with E-state index in [9.17, 15) is 9.59 Å². The van der Waals surface area contributed by atoms with Crippen LogP contribution in [0.2, 0.25) is 5.02 Å². The Bertz CT molecular complexity index is 1100. The molecule has 0 radical (unpaired) electrons. The summed E-state index contributed by atoms with van der Waals surface area (Å²) in [5, 5.41) is 5.88. The van der Waals surface area contributed by atoms with Crippen molar-refractivity contribution in [2.45, 2.75) is 58.7 Å². The molecule has 0 unspecified atom stereocenters. The van der Waals surface area contributed by atoms with Gasteiger partial charge in [-0.05, 0) is 62.1 Å². The maximum absolute atomic E-state index is 13.4. The Kier molecular flexibility index (Phi) is 7.57. The van der Waals surface area contributed by atoms with E-state index in [1.54, 1.807) is 17.9 Å². The quantitative estimate of drug-likeness (QED) is 0.497. The molecule has 5 heteroatoms. The highest BCUT2D eigenvalue weighted by molar-refractivity contribution is 6.31. The van der Waals surface area contributed by atoms with Gasteiger partial charge in [0.25, 0.3) is 0 Å². The van der Waals surface area contributed by atoms with Gasteiger partial charge in [-0.1, -0.05) is 72.3 Å². The van der Waals surface area contributed by atoms with E-state index in [-0.39, 0.29) is 23.9 Å². The number of hydrogen-bond acceptors (Lipinski definition) is 2. The zero-order chi connectivity index (χ0) is 23.3. The number of nitrogens with zero attached hydrogens (tertiary/aromatic N) is 1. The summed E-state index contributed by atoms with van der Waals surface area (Å²) in [7, 11) is 0. The van der Waals surface area contributed by atoms with Gasteiger partial charge in [0.1, 0.15) is 6.04 Å². The molecule has 168 valence electrons. The van der Waals surface area contributed by atoms with Crippen LogP contribution < -0.4 is 5.32 Å². The molecule has 1 N–H and O–H groups in total. The van der Waals surface area contributed by atoms with Crippen LogP contribution in [-0.2, 0) is 22.6 Å². The summed E-state index contributed by atoms with van der Waals surface area (Å²) < 4.78 is 0. The number of benzene rings is 3. The molecule has 4 nitrogen and oxygen atoms in total. The van der Waals surface area contributed by atoms with Crippen molar-refractivity contribution >= 4 is 34.2 Å². The first-order valence-electron chi connectivity index (χ1n) is 11.0. The van der Waals surface area contributed by atoms with Crippen molar-refractivity contribution in [1.82, 2.24) is 10.2 Å². The fourth-order valence-electron chi connectivity index (χ4n) is 3.76. The van der Waals surface area contributed by atoms with Gasteiger partial charge in [-0.3, -0.25) is 9.59 Å².